The second kappa shape index (κ2) is 11.1. The van der Waals surface area contributed by atoms with E-state index in [0.717, 1.165) is 5.92 Å². The van der Waals surface area contributed by atoms with E-state index < -0.39 is 0 Å². The van der Waals surface area contributed by atoms with Crippen LogP contribution in [0.3, 0.4) is 0 Å². The summed E-state index contributed by atoms with van der Waals surface area (Å²) in [6, 6.07) is 0. The second-order valence-corrected chi connectivity index (χ2v) is 6.76. The monoisotopic (exact) mass is 290 g/mol. The first-order valence-corrected chi connectivity index (χ1v) is 9.71. The minimum absolute atomic E-state index is 0.787. The first-order valence-electron chi connectivity index (χ1n) is 9.71. The highest BCUT2D eigenvalue weighted by Gasteiger charge is 2.24. The van der Waals surface area contributed by atoms with E-state index in [1.54, 1.807) is 11.1 Å². The van der Waals surface area contributed by atoms with Crippen LogP contribution in [0.15, 0.2) is 22.8 Å². The zero-order valence-corrected chi connectivity index (χ0v) is 15.1. The lowest BCUT2D eigenvalue weighted by Crippen LogP contribution is -2.00. The molecule has 0 saturated carbocycles. The van der Waals surface area contributed by atoms with Crippen LogP contribution in [0.1, 0.15) is 105 Å². The molecule has 1 aliphatic rings. The molecular formula is C21H38. The van der Waals surface area contributed by atoms with Gasteiger partial charge in [-0.2, -0.15) is 0 Å². The number of allylic oxidation sites excluding steroid dienone is 4. The van der Waals surface area contributed by atoms with E-state index in [9.17, 15) is 0 Å². The molecule has 0 radical (unpaired) electrons. The van der Waals surface area contributed by atoms with Crippen molar-refractivity contribution in [2.45, 2.75) is 105 Å². The molecule has 1 atom stereocenters. The van der Waals surface area contributed by atoms with Crippen LogP contribution in [0.4, 0.5) is 0 Å². The van der Waals surface area contributed by atoms with Crippen molar-refractivity contribution in [1.29, 1.82) is 0 Å². The summed E-state index contributed by atoms with van der Waals surface area (Å²) in [7, 11) is 0. The van der Waals surface area contributed by atoms with Gasteiger partial charge in [0.1, 0.15) is 0 Å². The lowest BCUT2D eigenvalue weighted by Gasteiger charge is -2.16. The summed E-state index contributed by atoms with van der Waals surface area (Å²) in [5.74, 6) is 0.787. The number of unbranched alkanes of at least 4 members (excludes halogenated alkanes) is 4. The van der Waals surface area contributed by atoms with Crippen LogP contribution in [0.2, 0.25) is 0 Å². The molecule has 0 bridgehead atoms. The molecule has 1 rings (SSSR count). The van der Waals surface area contributed by atoms with E-state index in [4.69, 9.17) is 0 Å². The molecule has 0 aromatic rings. The molecule has 0 saturated heterocycles. The standard InChI is InChI=1S/C21H38/c1-5-9-13-18-17-19(14-10-6-2)21(16-12-8-4)20(18)15-11-7-3/h17-18H,5-16H2,1-4H3. The van der Waals surface area contributed by atoms with Crippen LogP contribution in [0, 0.1) is 5.92 Å². The smallest absolute Gasteiger partial charge is 0.00114 e. The van der Waals surface area contributed by atoms with Crippen LogP contribution in [-0.2, 0) is 0 Å². The van der Waals surface area contributed by atoms with Crippen LogP contribution in [0.25, 0.3) is 0 Å². The zero-order chi connectivity index (χ0) is 15.5. The van der Waals surface area contributed by atoms with Gasteiger partial charge in [-0.05, 0) is 62.0 Å². The molecule has 0 aromatic carbocycles. The van der Waals surface area contributed by atoms with Gasteiger partial charge in [0.05, 0.1) is 0 Å². The van der Waals surface area contributed by atoms with Gasteiger partial charge >= 0.3 is 0 Å². The molecule has 0 amide bonds. The summed E-state index contributed by atoms with van der Waals surface area (Å²) in [5, 5.41) is 0. The van der Waals surface area contributed by atoms with Gasteiger partial charge < -0.3 is 0 Å². The summed E-state index contributed by atoms with van der Waals surface area (Å²) in [4.78, 5) is 0. The van der Waals surface area contributed by atoms with Crippen molar-refractivity contribution in [3.63, 3.8) is 0 Å². The molecule has 122 valence electrons. The van der Waals surface area contributed by atoms with Crippen molar-refractivity contribution in [1.82, 2.24) is 0 Å². The Balaban J connectivity index is 2.87. The maximum absolute atomic E-state index is 2.67. The normalized spacial score (nSPS) is 18.5. The fourth-order valence-corrected chi connectivity index (χ4v) is 3.54. The Kier molecular flexibility index (Phi) is 9.79. The Morgan fingerprint density at radius 3 is 1.90 bits per heavy atom. The van der Waals surface area contributed by atoms with Crippen LogP contribution in [0.5, 0.6) is 0 Å². The van der Waals surface area contributed by atoms with Crippen LogP contribution >= 0.6 is 0 Å². The molecule has 0 N–H and O–H groups in total. The Bertz CT molecular complexity index is 332. The SMILES string of the molecule is CCCCC1=CC(CCCC)C(CCCC)=C1CCCC. The largest absolute Gasteiger partial charge is 0.0738 e. The molecule has 0 aliphatic heterocycles. The zero-order valence-electron chi connectivity index (χ0n) is 15.1. The second-order valence-electron chi connectivity index (χ2n) is 6.76. The Labute approximate surface area is 134 Å². The predicted molar refractivity (Wildman–Crippen MR) is 96.7 cm³/mol. The lowest BCUT2D eigenvalue weighted by atomic mass is 9.89. The Morgan fingerprint density at radius 1 is 0.714 bits per heavy atom. The molecule has 0 heteroatoms. The first kappa shape index (κ1) is 18.5. The van der Waals surface area contributed by atoms with Crippen molar-refractivity contribution in [3.8, 4) is 0 Å². The van der Waals surface area contributed by atoms with E-state index in [1.807, 2.05) is 5.57 Å². The number of hydrogen-bond donors (Lipinski definition) is 0. The Hall–Kier alpha value is -0.520. The fourth-order valence-electron chi connectivity index (χ4n) is 3.54. The van der Waals surface area contributed by atoms with Gasteiger partial charge in [-0.25, -0.2) is 0 Å². The summed E-state index contributed by atoms with van der Waals surface area (Å²) >= 11 is 0. The minimum atomic E-state index is 0.787. The molecule has 21 heavy (non-hydrogen) atoms. The maximum atomic E-state index is 2.67. The fraction of sp³-hybridized carbons (Fsp3) is 0.810. The molecule has 1 aliphatic carbocycles. The van der Waals surface area contributed by atoms with E-state index in [0.29, 0.717) is 0 Å². The summed E-state index contributed by atoms with van der Waals surface area (Å²) in [5.41, 5.74) is 5.36. The summed E-state index contributed by atoms with van der Waals surface area (Å²) < 4.78 is 0. The van der Waals surface area contributed by atoms with Gasteiger partial charge in [-0.1, -0.05) is 71.4 Å². The molecule has 0 fully saturated rings. The van der Waals surface area contributed by atoms with E-state index >= 15 is 0 Å². The third-order valence-corrected chi connectivity index (χ3v) is 4.87. The van der Waals surface area contributed by atoms with Crippen molar-refractivity contribution >= 4 is 0 Å². The third-order valence-electron chi connectivity index (χ3n) is 4.87. The van der Waals surface area contributed by atoms with Crippen LogP contribution in [-0.4, -0.2) is 0 Å². The number of rotatable bonds is 12. The summed E-state index contributed by atoms with van der Waals surface area (Å²) in [6.45, 7) is 9.29. The highest BCUT2D eigenvalue weighted by molar-refractivity contribution is 5.45. The highest BCUT2D eigenvalue weighted by Crippen LogP contribution is 2.41. The average Bonchev–Trinajstić information content (AvgIpc) is 2.83. The van der Waals surface area contributed by atoms with E-state index in [1.165, 1.54) is 77.0 Å². The molecule has 0 aromatic heterocycles. The van der Waals surface area contributed by atoms with Gasteiger partial charge in [0.15, 0.2) is 0 Å². The van der Waals surface area contributed by atoms with Gasteiger partial charge in [0, 0.05) is 0 Å². The molecule has 0 nitrogen and oxygen atoms in total. The van der Waals surface area contributed by atoms with Crippen molar-refractivity contribution in [2.75, 3.05) is 0 Å². The van der Waals surface area contributed by atoms with Crippen molar-refractivity contribution in [3.05, 3.63) is 22.8 Å². The van der Waals surface area contributed by atoms with Crippen LogP contribution < -0.4 is 0 Å². The molecule has 1 unspecified atom stereocenters. The summed E-state index contributed by atoms with van der Waals surface area (Å²) in [6.07, 6.45) is 18.9. The minimum Gasteiger partial charge on any atom is -0.0738 e. The molecule has 0 heterocycles. The first-order chi connectivity index (χ1) is 10.3. The Morgan fingerprint density at radius 2 is 1.29 bits per heavy atom. The van der Waals surface area contributed by atoms with Gasteiger partial charge in [-0.15, -0.1) is 0 Å². The van der Waals surface area contributed by atoms with E-state index in [-0.39, 0.29) is 0 Å². The van der Waals surface area contributed by atoms with E-state index in [2.05, 4.69) is 33.8 Å². The third kappa shape index (κ3) is 6.01. The van der Waals surface area contributed by atoms with Gasteiger partial charge in [0.2, 0.25) is 0 Å². The van der Waals surface area contributed by atoms with Crippen molar-refractivity contribution < 1.29 is 0 Å². The van der Waals surface area contributed by atoms with Crippen molar-refractivity contribution in [2.24, 2.45) is 5.92 Å². The number of hydrogen-bond acceptors (Lipinski definition) is 0. The van der Waals surface area contributed by atoms with Gasteiger partial charge in [-0.3, -0.25) is 0 Å². The predicted octanol–water partition coefficient (Wildman–Crippen LogP) is 7.60. The quantitative estimate of drug-likeness (QED) is 0.347. The topological polar surface area (TPSA) is 0 Å². The van der Waals surface area contributed by atoms with Gasteiger partial charge in [0.25, 0.3) is 0 Å². The molecular weight excluding hydrogens is 252 g/mol. The maximum Gasteiger partial charge on any atom is -0.00114 e. The molecule has 0 spiro atoms. The lowest BCUT2D eigenvalue weighted by molar-refractivity contribution is 0.590. The average molecular weight is 291 g/mol. The highest BCUT2D eigenvalue weighted by atomic mass is 14.3.